The smallest absolute Gasteiger partial charge is 0.303 e. The van der Waals surface area contributed by atoms with Crippen molar-refractivity contribution in [3.05, 3.63) is 19.2 Å². The van der Waals surface area contributed by atoms with Crippen molar-refractivity contribution in [3.63, 3.8) is 0 Å². The average molecular weight is 369 g/mol. The van der Waals surface area contributed by atoms with Crippen LogP contribution in [0.25, 0.3) is 0 Å². The van der Waals surface area contributed by atoms with E-state index in [2.05, 4.69) is 42.8 Å². The minimum atomic E-state index is -0.689. The number of hydrogen-bond donors (Lipinski definition) is 1. The monoisotopic (exact) mass is 367 g/mol. The molecule has 1 aromatic heterocycles. The van der Waals surface area contributed by atoms with Crippen LogP contribution in [0.2, 0.25) is 0 Å². The Kier molecular flexibility index (Phi) is 4.05. The van der Waals surface area contributed by atoms with Crippen molar-refractivity contribution < 1.29 is 9.90 Å². The van der Waals surface area contributed by atoms with E-state index in [9.17, 15) is 4.79 Å². The predicted octanol–water partition coefficient (Wildman–Crippen LogP) is 3.18. The molecule has 6 heteroatoms. The highest BCUT2D eigenvalue weighted by Gasteiger charge is 2.28. The van der Waals surface area contributed by atoms with Crippen molar-refractivity contribution in [1.82, 2.24) is 4.90 Å². The highest BCUT2D eigenvalue weighted by atomic mass is 79.9. The number of thiophene rings is 1. The lowest BCUT2D eigenvalue weighted by atomic mass is 9.96. The molecule has 0 aromatic carbocycles. The van der Waals surface area contributed by atoms with Crippen molar-refractivity contribution in [2.75, 3.05) is 13.1 Å². The maximum Gasteiger partial charge on any atom is 0.303 e. The molecule has 1 saturated heterocycles. The SMILES string of the molecule is O=C(O)CC1CN(Cc2cc(Br)c(Br)s2)C1. The highest BCUT2D eigenvalue weighted by molar-refractivity contribution is 9.13. The number of nitrogens with zero attached hydrogens (tertiary/aromatic N) is 1. The van der Waals surface area contributed by atoms with Crippen LogP contribution in [0.5, 0.6) is 0 Å². The quantitative estimate of drug-likeness (QED) is 0.887. The molecule has 0 amide bonds. The molecule has 1 aliphatic rings. The van der Waals surface area contributed by atoms with E-state index in [1.807, 2.05) is 0 Å². The molecule has 0 unspecified atom stereocenters. The zero-order valence-electron chi connectivity index (χ0n) is 8.45. The van der Waals surface area contributed by atoms with Gasteiger partial charge in [0.15, 0.2) is 0 Å². The molecule has 0 atom stereocenters. The second kappa shape index (κ2) is 5.16. The number of halogens is 2. The van der Waals surface area contributed by atoms with E-state index in [1.165, 1.54) is 4.88 Å². The molecule has 0 spiro atoms. The van der Waals surface area contributed by atoms with Gasteiger partial charge in [-0.3, -0.25) is 9.69 Å². The Hall–Kier alpha value is 0.0900. The first-order valence-electron chi connectivity index (χ1n) is 4.92. The van der Waals surface area contributed by atoms with Crippen molar-refractivity contribution in [2.45, 2.75) is 13.0 Å². The maximum absolute atomic E-state index is 10.5. The molecule has 0 radical (unpaired) electrons. The van der Waals surface area contributed by atoms with Crippen LogP contribution in [-0.2, 0) is 11.3 Å². The Morgan fingerprint density at radius 3 is 2.75 bits per heavy atom. The number of carboxylic acid groups (broad SMARTS) is 1. The van der Waals surface area contributed by atoms with E-state index in [0.717, 1.165) is 27.9 Å². The van der Waals surface area contributed by atoms with Gasteiger partial charge in [0, 0.05) is 29.0 Å². The minimum absolute atomic E-state index is 0.300. The largest absolute Gasteiger partial charge is 0.481 e. The Labute approximate surface area is 115 Å². The van der Waals surface area contributed by atoms with Crippen LogP contribution >= 0.6 is 43.2 Å². The van der Waals surface area contributed by atoms with Crippen LogP contribution in [0, 0.1) is 5.92 Å². The van der Waals surface area contributed by atoms with Crippen LogP contribution in [0.15, 0.2) is 14.3 Å². The fourth-order valence-corrected chi connectivity index (χ4v) is 4.09. The molecule has 1 fully saturated rings. The molecule has 3 nitrogen and oxygen atoms in total. The summed E-state index contributed by atoms with van der Waals surface area (Å²) >= 11 is 8.64. The van der Waals surface area contributed by atoms with Gasteiger partial charge in [-0.05, 0) is 43.8 Å². The van der Waals surface area contributed by atoms with Crippen LogP contribution in [0.1, 0.15) is 11.3 Å². The predicted molar refractivity (Wildman–Crippen MR) is 70.7 cm³/mol. The van der Waals surface area contributed by atoms with Crippen LogP contribution in [-0.4, -0.2) is 29.1 Å². The standard InChI is InChI=1S/C10H11Br2NO2S/c11-8-2-7(16-10(8)12)5-13-3-6(4-13)1-9(14)15/h2,6H,1,3-5H2,(H,14,15). The Morgan fingerprint density at radius 2 is 2.25 bits per heavy atom. The van der Waals surface area contributed by atoms with Crippen molar-refractivity contribution in [1.29, 1.82) is 0 Å². The summed E-state index contributed by atoms with van der Waals surface area (Å²) < 4.78 is 2.21. The molecular formula is C10H11Br2NO2S. The first kappa shape index (κ1) is 12.5. The zero-order chi connectivity index (χ0) is 11.7. The molecule has 0 saturated carbocycles. The molecule has 0 aliphatic carbocycles. The van der Waals surface area contributed by atoms with E-state index in [-0.39, 0.29) is 0 Å². The summed E-state index contributed by atoms with van der Waals surface area (Å²) in [5.74, 6) is -0.351. The third-order valence-electron chi connectivity index (χ3n) is 2.57. The summed E-state index contributed by atoms with van der Waals surface area (Å²) in [5.41, 5.74) is 0. The molecule has 88 valence electrons. The van der Waals surface area contributed by atoms with Gasteiger partial charge in [-0.25, -0.2) is 0 Å². The van der Waals surface area contributed by atoms with Crippen molar-refractivity contribution >= 4 is 49.2 Å². The van der Waals surface area contributed by atoms with Crippen molar-refractivity contribution in [2.24, 2.45) is 5.92 Å². The Balaban J connectivity index is 1.79. The third-order valence-corrected chi connectivity index (χ3v) is 5.81. The molecule has 1 aliphatic heterocycles. The highest BCUT2D eigenvalue weighted by Crippen LogP contribution is 2.34. The van der Waals surface area contributed by atoms with E-state index in [1.54, 1.807) is 11.3 Å². The first-order valence-corrected chi connectivity index (χ1v) is 7.32. The second-order valence-electron chi connectivity index (χ2n) is 3.99. The number of rotatable bonds is 4. The number of aliphatic carboxylic acids is 1. The van der Waals surface area contributed by atoms with Gasteiger partial charge in [0.1, 0.15) is 0 Å². The first-order chi connectivity index (χ1) is 7.54. The molecule has 2 heterocycles. The molecular weight excluding hydrogens is 358 g/mol. The van der Waals surface area contributed by atoms with Crippen LogP contribution in [0.3, 0.4) is 0 Å². The number of carbonyl (C=O) groups is 1. The van der Waals surface area contributed by atoms with Gasteiger partial charge in [-0.1, -0.05) is 0 Å². The fraction of sp³-hybridized carbons (Fsp3) is 0.500. The molecule has 2 rings (SSSR count). The lowest BCUT2D eigenvalue weighted by molar-refractivity contribution is -0.139. The number of likely N-dealkylation sites (tertiary alicyclic amines) is 1. The summed E-state index contributed by atoms with van der Waals surface area (Å²) in [6.07, 6.45) is 0.300. The summed E-state index contributed by atoms with van der Waals surface area (Å²) in [7, 11) is 0. The molecule has 1 N–H and O–H groups in total. The summed E-state index contributed by atoms with van der Waals surface area (Å²) in [4.78, 5) is 14.1. The summed E-state index contributed by atoms with van der Waals surface area (Å²) in [5, 5.41) is 8.64. The van der Waals surface area contributed by atoms with E-state index < -0.39 is 5.97 Å². The second-order valence-corrected chi connectivity index (χ2v) is 7.30. The molecule has 16 heavy (non-hydrogen) atoms. The summed E-state index contributed by atoms with van der Waals surface area (Å²) in [6.45, 7) is 2.73. The number of hydrogen-bond acceptors (Lipinski definition) is 3. The topological polar surface area (TPSA) is 40.5 Å². The third kappa shape index (κ3) is 3.06. The molecule has 0 bridgehead atoms. The molecule has 1 aromatic rings. The van der Waals surface area contributed by atoms with Gasteiger partial charge in [-0.15, -0.1) is 11.3 Å². The Morgan fingerprint density at radius 1 is 1.56 bits per heavy atom. The van der Waals surface area contributed by atoms with Gasteiger partial charge in [0.25, 0.3) is 0 Å². The van der Waals surface area contributed by atoms with Crippen LogP contribution < -0.4 is 0 Å². The van der Waals surface area contributed by atoms with Crippen molar-refractivity contribution in [3.8, 4) is 0 Å². The van der Waals surface area contributed by atoms with Gasteiger partial charge >= 0.3 is 5.97 Å². The van der Waals surface area contributed by atoms with Crippen LogP contribution in [0.4, 0.5) is 0 Å². The zero-order valence-corrected chi connectivity index (χ0v) is 12.4. The lowest BCUT2D eigenvalue weighted by Crippen LogP contribution is -2.46. The fourth-order valence-electron chi connectivity index (χ4n) is 1.87. The lowest BCUT2D eigenvalue weighted by Gasteiger charge is -2.38. The van der Waals surface area contributed by atoms with E-state index >= 15 is 0 Å². The summed E-state index contributed by atoms with van der Waals surface area (Å²) in [6, 6.07) is 2.11. The van der Waals surface area contributed by atoms with Gasteiger partial charge in [0.05, 0.1) is 10.2 Å². The average Bonchev–Trinajstić information content (AvgIpc) is 2.42. The van der Waals surface area contributed by atoms with Gasteiger partial charge < -0.3 is 5.11 Å². The van der Waals surface area contributed by atoms with Gasteiger partial charge in [-0.2, -0.15) is 0 Å². The Bertz CT molecular complexity index is 382. The minimum Gasteiger partial charge on any atom is -0.481 e. The number of carboxylic acids is 1. The van der Waals surface area contributed by atoms with E-state index in [4.69, 9.17) is 5.11 Å². The van der Waals surface area contributed by atoms with E-state index in [0.29, 0.717) is 12.3 Å². The van der Waals surface area contributed by atoms with Gasteiger partial charge in [0.2, 0.25) is 0 Å². The maximum atomic E-state index is 10.5. The normalized spacial score (nSPS) is 17.4.